The topological polar surface area (TPSA) is 80.8 Å². The molecule has 166 valence electrons. The number of ether oxygens (including phenoxy) is 1. The zero-order chi connectivity index (χ0) is 22.7. The van der Waals surface area contributed by atoms with Crippen molar-refractivity contribution in [2.75, 3.05) is 6.61 Å². The standard InChI is InChI=1S/C26H27NO4S/c1-3-31-26(30)21-14-27-16(2)23-19(15-32-25(21)23)13-20-22(28)12-11-18(24(20)29)10-9-17-7-5-4-6-8-17/h4-8,11-12,14-15,18,20,26,30H,3,9-10,13H2,1-2H3/p+1/t18-,20+,26?/m1/s1. The van der Waals surface area contributed by atoms with Crippen LogP contribution in [0.25, 0.3) is 10.1 Å². The lowest BCUT2D eigenvalue weighted by Gasteiger charge is -2.18. The maximum Gasteiger partial charge on any atom is 0.310 e. The second-order valence-corrected chi connectivity index (χ2v) is 9.03. The molecule has 3 aromatic rings. The fourth-order valence-electron chi connectivity index (χ4n) is 4.33. The van der Waals surface area contributed by atoms with E-state index in [1.807, 2.05) is 43.5 Å². The third-order valence-electron chi connectivity index (χ3n) is 6.06. The zero-order valence-corrected chi connectivity index (χ0v) is 19.1. The van der Waals surface area contributed by atoms with Crippen molar-refractivity contribution in [3.05, 3.63) is 76.4 Å². The molecule has 1 aliphatic carbocycles. The molecule has 0 saturated heterocycles. The molecule has 2 heterocycles. The number of pyridine rings is 1. The Hall–Kier alpha value is -2.67. The van der Waals surface area contributed by atoms with E-state index in [1.165, 1.54) is 16.9 Å². The summed E-state index contributed by atoms with van der Waals surface area (Å²) in [5.41, 5.74) is 3.64. The number of carbonyl (C=O) groups is 1. The number of allylic oxidation sites excluding steroid dienone is 2. The normalized spacial score (nSPS) is 19.6. The Morgan fingerprint density at radius 3 is 2.81 bits per heavy atom. The quantitative estimate of drug-likeness (QED) is 0.306. The van der Waals surface area contributed by atoms with Gasteiger partial charge < -0.3 is 9.84 Å². The second kappa shape index (κ2) is 9.86. The van der Waals surface area contributed by atoms with E-state index in [9.17, 15) is 14.7 Å². The third kappa shape index (κ3) is 4.58. The number of hydrogen-bond donors (Lipinski definition) is 1. The monoisotopic (exact) mass is 450 g/mol. The number of aryl methyl sites for hydroxylation is 2. The summed E-state index contributed by atoms with van der Waals surface area (Å²) in [7, 11) is 0. The van der Waals surface area contributed by atoms with Gasteiger partial charge in [-0.15, -0.1) is 11.3 Å². The highest BCUT2D eigenvalue weighted by molar-refractivity contribution is 7.17. The Morgan fingerprint density at radius 2 is 2.06 bits per heavy atom. The first kappa shape index (κ1) is 22.5. The number of carbonyl (C=O) groups excluding carboxylic acids is 2. The van der Waals surface area contributed by atoms with Gasteiger partial charge in [-0.2, -0.15) is 0 Å². The highest BCUT2D eigenvalue weighted by Crippen LogP contribution is 2.36. The van der Waals surface area contributed by atoms with Crippen molar-refractivity contribution in [1.29, 1.82) is 0 Å². The van der Waals surface area contributed by atoms with Crippen LogP contribution in [0.4, 0.5) is 0 Å². The largest absolute Gasteiger partial charge is 0.364 e. The van der Waals surface area contributed by atoms with Crippen molar-refractivity contribution in [3.63, 3.8) is 0 Å². The van der Waals surface area contributed by atoms with Crippen molar-refractivity contribution in [3.8, 4) is 0 Å². The first-order valence-corrected chi connectivity index (χ1v) is 11.8. The van der Waals surface area contributed by atoms with Crippen molar-refractivity contribution in [2.45, 2.75) is 39.4 Å². The summed E-state index contributed by atoms with van der Waals surface area (Å²) in [6.45, 7) is 4.14. The van der Waals surface area contributed by atoms with E-state index < -0.39 is 12.2 Å². The van der Waals surface area contributed by atoms with E-state index in [2.05, 4.69) is 17.1 Å². The number of fused-ring (bicyclic) bond motifs is 1. The van der Waals surface area contributed by atoms with Crippen LogP contribution in [0.2, 0.25) is 0 Å². The summed E-state index contributed by atoms with van der Waals surface area (Å²) in [6, 6.07) is 10.2. The number of hydrogen-bond acceptors (Lipinski definition) is 5. The molecule has 0 amide bonds. The molecule has 2 aromatic heterocycles. The predicted molar refractivity (Wildman–Crippen MR) is 127 cm³/mol. The summed E-state index contributed by atoms with van der Waals surface area (Å²) in [5, 5.41) is 13.3. The molecule has 5 nitrogen and oxygen atoms in total. The maximum atomic E-state index is 12.7. The Balaban J connectivity index is 1.56. The fraction of sp³-hybridized carbons (Fsp3) is 0.346. The summed E-state index contributed by atoms with van der Waals surface area (Å²) in [4.78, 5) is 28.1. The minimum Gasteiger partial charge on any atom is -0.364 e. The molecule has 0 saturated carbocycles. The van der Waals surface area contributed by atoms with Gasteiger partial charge in [0.05, 0.1) is 5.92 Å². The lowest BCUT2D eigenvalue weighted by Crippen LogP contribution is -2.34. The molecule has 1 unspecified atom stereocenters. The minimum atomic E-state index is -1.04. The molecule has 0 radical (unpaired) electrons. The molecule has 4 rings (SSSR count). The van der Waals surface area contributed by atoms with Gasteiger partial charge in [-0.25, -0.2) is 0 Å². The minimum absolute atomic E-state index is 0.0751. The van der Waals surface area contributed by atoms with Crippen molar-refractivity contribution < 1.29 is 19.4 Å². The van der Waals surface area contributed by atoms with Crippen LogP contribution in [0.15, 0.2) is 54.1 Å². The number of benzene rings is 1. The summed E-state index contributed by atoms with van der Waals surface area (Å²) in [6.07, 6.45) is 6.05. The van der Waals surface area contributed by atoms with Crippen LogP contribution in [-0.4, -0.2) is 33.1 Å². The molecule has 0 aliphatic heterocycles. The fourth-order valence-corrected chi connectivity index (χ4v) is 5.49. The number of aliphatic hydroxyl groups is 1. The lowest BCUT2D eigenvalue weighted by molar-refractivity contribution is -0.116. The van der Waals surface area contributed by atoms with Crippen LogP contribution in [0, 0.1) is 18.8 Å². The van der Waals surface area contributed by atoms with E-state index in [1.54, 1.807) is 12.3 Å². The molecule has 0 bridgehead atoms. The van der Waals surface area contributed by atoms with E-state index >= 15 is 0 Å². The molecule has 3 atom stereocenters. The van der Waals surface area contributed by atoms with Crippen LogP contribution in [-0.2, 0) is 22.4 Å². The van der Waals surface area contributed by atoms with E-state index in [-0.39, 0.29) is 17.5 Å². The number of aromatic nitrogens is 1. The average Bonchev–Trinajstić information content (AvgIpc) is 3.22. The number of rotatable bonds is 8. The van der Waals surface area contributed by atoms with E-state index in [0.29, 0.717) is 18.6 Å². The van der Waals surface area contributed by atoms with Gasteiger partial charge in [-0.1, -0.05) is 36.4 Å². The van der Waals surface area contributed by atoms with E-state index in [0.717, 1.165) is 34.2 Å². The highest BCUT2D eigenvalue weighted by atomic mass is 32.1. The first-order valence-electron chi connectivity index (χ1n) is 11.0. The van der Waals surface area contributed by atoms with Crippen molar-refractivity contribution in [2.24, 2.45) is 11.8 Å². The molecular weight excluding hydrogens is 422 g/mol. The number of nitrogens with zero attached hydrogens (tertiary/aromatic N) is 1. The van der Waals surface area contributed by atoms with Crippen LogP contribution in [0.5, 0.6) is 0 Å². The van der Waals surface area contributed by atoms with Gasteiger partial charge in [0.15, 0.2) is 12.1 Å². The molecule has 6 heteroatoms. The molecule has 32 heavy (non-hydrogen) atoms. The van der Waals surface area contributed by atoms with Crippen molar-refractivity contribution in [1.82, 2.24) is 4.98 Å². The van der Waals surface area contributed by atoms with Gasteiger partial charge >= 0.3 is 5.78 Å². The lowest BCUT2D eigenvalue weighted by atomic mass is 9.78. The molecule has 2 N–H and O–H groups in total. The first-order chi connectivity index (χ1) is 15.5. The molecule has 1 aromatic carbocycles. The van der Waals surface area contributed by atoms with Gasteiger partial charge in [-0.05, 0) is 55.7 Å². The van der Waals surface area contributed by atoms with Crippen LogP contribution < -0.4 is 0 Å². The maximum absolute atomic E-state index is 12.7. The van der Waals surface area contributed by atoms with Gasteiger partial charge in [0.1, 0.15) is 5.92 Å². The Kier molecular flexibility index (Phi) is 6.94. The Bertz CT molecular complexity index is 1150. The molecular formula is C26H28NO4S+. The molecule has 0 fully saturated rings. The number of aliphatic hydroxyl groups excluding tert-OH is 1. The van der Waals surface area contributed by atoms with Gasteiger partial charge in [0.25, 0.3) is 0 Å². The van der Waals surface area contributed by atoms with Crippen LogP contribution in [0.3, 0.4) is 0 Å². The SMILES string of the molecule is CCOC(O)c1cnc(C)c2c(C[C@H]3C(=O)C=C[C@@H](CCc4ccccc4)C3=[OH+])csc12. The van der Waals surface area contributed by atoms with Crippen molar-refractivity contribution >= 4 is 33.0 Å². The summed E-state index contributed by atoms with van der Waals surface area (Å²) < 4.78 is 6.27. The highest BCUT2D eigenvalue weighted by Gasteiger charge is 2.39. The van der Waals surface area contributed by atoms with Gasteiger partial charge in [0, 0.05) is 34.1 Å². The second-order valence-electron chi connectivity index (χ2n) is 8.15. The van der Waals surface area contributed by atoms with Gasteiger partial charge in [0.2, 0.25) is 0 Å². The van der Waals surface area contributed by atoms with Crippen LogP contribution >= 0.6 is 11.3 Å². The van der Waals surface area contributed by atoms with E-state index in [4.69, 9.17) is 4.74 Å². The summed E-state index contributed by atoms with van der Waals surface area (Å²) in [5.74, 6) is -0.548. The average molecular weight is 451 g/mol. The number of ketones is 2. The molecule has 0 spiro atoms. The Labute approximate surface area is 191 Å². The smallest absolute Gasteiger partial charge is 0.310 e. The van der Waals surface area contributed by atoms with Crippen LogP contribution in [0.1, 0.15) is 42.0 Å². The number of thiophene rings is 1. The Morgan fingerprint density at radius 1 is 1.28 bits per heavy atom. The molecule has 1 aliphatic rings. The third-order valence-corrected chi connectivity index (χ3v) is 7.14. The summed E-state index contributed by atoms with van der Waals surface area (Å²) >= 11 is 1.51. The predicted octanol–water partition coefficient (Wildman–Crippen LogP) is 4.72. The zero-order valence-electron chi connectivity index (χ0n) is 18.3. The van der Waals surface area contributed by atoms with Gasteiger partial charge in [-0.3, -0.25) is 14.6 Å².